The summed E-state index contributed by atoms with van der Waals surface area (Å²) in [6.45, 7) is 6.41. The lowest BCUT2D eigenvalue weighted by atomic mass is 10.4. The molecule has 0 radical (unpaired) electrons. The second-order valence-electron chi connectivity index (χ2n) is 1.18. The number of hydrogen-bond acceptors (Lipinski definition) is 0. The van der Waals surface area contributed by atoms with Crippen LogP contribution in [0.1, 0.15) is 0 Å². The van der Waals surface area contributed by atoms with E-state index in [-0.39, 0.29) is 0 Å². The van der Waals surface area contributed by atoms with Gasteiger partial charge in [-0.2, -0.15) is 0 Å². The van der Waals surface area contributed by atoms with Gasteiger partial charge in [-0.1, -0.05) is 35.2 Å². The second kappa shape index (κ2) is 3.61. The Morgan fingerprint density at radius 1 is 1.62 bits per heavy atom. The third-order valence-electron chi connectivity index (χ3n) is 0.490. The molecule has 0 spiro atoms. The van der Waals surface area contributed by atoms with Crippen molar-refractivity contribution < 1.29 is 4.39 Å². The molecular formula is C6H6BrF. The zero-order valence-electron chi connectivity index (χ0n) is 4.32. The van der Waals surface area contributed by atoms with Crippen molar-refractivity contribution in [1.29, 1.82) is 0 Å². The van der Waals surface area contributed by atoms with Crippen LogP contribution in [-0.4, -0.2) is 0 Å². The van der Waals surface area contributed by atoms with Crippen molar-refractivity contribution in [3.05, 3.63) is 35.6 Å². The largest absolute Gasteiger partial charge is 0.208 e. The number of allylic oxidation sites excluding steroid dienone is 4. The molecule has 0 aliphatic carbocycles. The lowest BCUT2D eigenvalue weighted by Gasteiger charge is -1.82. The summed E-state index contributed by atoms with van der Waals surface area (Å²) in [4.78, 5) is 0. The minimum absolute atomic E-state index is 0.475. The van der Waals surface area contributed by atoms with Crippen LogP contribution in [0.2, 0.25) is 0 Å². The van der Waals surface area contributed by atoms with Crippen LogP contribution in [0.15, 0.2) is 35.6 Å². The van der Waals surface area contributed by atoms with Crippen molar-refractivity contribution in [3.63, 3.8) is 0 Å². The van der Waals surface area contributed by atoms with E-state index in [1.165, 1.54) is 12.2 Å². The molecule has 8 heavy (non-hydrogen) atoms. The summed E-state index contributed by atoms with van der Waals surface area (Å²) >= 11 is 3.02. The van der Waals surface area contributed by atoms with Gasteiger partial charge in [0.25, 0.3) is 0 Å². The molecule has 0 heterocycles. The molecule has 2 heteroatoms. The maximum atomic E-state index is 11.8. The van der Waals surface area contributed by atoms with E-state index in [0.717, 1.165) is 0 Å². The summed E-state index contributed by atoms with van der Waals surface area (Å²) in [6, 6.07) is 0. The van der Waals surface area contributed by atoms with Gasteiger partial charge >= 0.3 is 0 Å². The molecule has 0 nitrogen and oxygen atoms in total. The standard InChI is InChI=1S/C6H6BrF/c1-3-6(7)4-5(2)8/h3-4H,1-2H2/b6-4+. The predicted molar refractivity (Wildman–Crippen MR) is 37.5 cm³/mol. The molecule has 0 aliphatic rings. The molecule has 0 bridgehead atoms. The molecular weight excluding hydrogens is 171 g/mol. The van der Waals surface area contributed by atoms with Gasteiger partial charge in [0.1, 0.15) is 5.83 Å². The highest BCUT2D eigenvalue weighted by molar-refractivity contribution is 9.11. The van der Waals surface area contributed by atoms with Gasteiger partial charge in [-0.3, -0.25) is 0 Å². The first-order chi connectivity index (χ1) is 3.66. The SMILES string of the molecule is C=C/C(Br)=C\C(=C)F. The Hall–Kier alpha value is -0.370. The lowest BCUT2D eigenvalue weighted by Crippen LogP contribution is -1.60. The minimum atomic E-state index is -0.475. The van der Waals surface area contributed by atoms with E-state index in [9.17, 15) is 4.39 Å². The first kappa shape index (κ1) is 7.63. The van der Waals surface area contributed by atoms with Crippen LogP contribution >= 0.6 is 15.9 Å². The van der Waals surface area contributed by atoms with Crippen molar-refractivity contribution in [2.75, 3.05) is 0 Å². The molecule has 0 aromatic heterocycles. The van der Waals surface area contributed by atoms with E-state index >= 15 is 0 Å². The molecule has 0 saturated carbocycles. The molecule has 0 aromatic rings. The van der Waals surface area contributed by atoms with Crippen LogP contribution in [0.3, 0.4) is 0 Å². The Bertz CT molecular complexity index is 135. The highest BCUT2D eigenvalue weighted by Crippen LogP contribution is 2.08. The molecule has 0 aliphatic heterocycles. The molecule has 0 saturated heterocycles. The van der Waals surface area contributed by atoms with E-state index < -0.39 is 5.83 Å². The van der Waals surface area contributed by atoms with E-state index in [4.69, 9.17) is 0 Å². The molecule has 0 aromatic carbocycles. The van der Waals surface area contributed by atoms with Crippen LogP contribution in [-0.2, 0) is 0 Å². The quantitative estimate of drug-likeness (QED) is 0.568. The van der Waals surface area contributed by atoms with Gasteiger partial charge in [0.05, 0.1) is 0 Å². The molecule has 0 N–H and O–H groups in total. The molecule has 0 amide bonds. The smallest absolute Gasteiger partial charge is 0.117 e. The van der Waals surface area contributed by atoms with Crippen LogP contribution in [0.5, 0.6) is 0 Å². The molecule has 0 unspecified atom stereocenters. The van der Waals surface area contributed by atoms with Crippen LogP contribution in [0.25, 0.3) is 0 Å². The zero-order chi connectivity index (χ0) is 6.57. The second-order valence-corrected chi connectivity index (χ2v) is 2.10. The molecule has 0 fully saturated rings. The van der Waals surface area contributed by atoms with Crippen LogP contribution in [0, 0.1) is 0 Å². The van der Waals surface area contributed by atoms with Gasteiger partial charge in [0.15, 0.2) is 0 Å². The monoisotopic (exact) mass is 176 g/mol. The number of halogens is 2. The van der Waals surface area contributed by atoms with Gasteiger partial charge in [0.2, 0.25) is 0 Å². The number of rotatable bonds is 2. The van der Waals surface area contributed by atoms with Crippen molar-refractivity contribution in [2.24, 2.45) is 0 Å². The Kier molecular flexibility index (Phi) is 3.44. The van der Waals surface area contributed by atoms with E-state index in [0.29, 0.717) is 4.48 Å². The van der Waals surface area contributed by atoms with E-state index in [1.54, 1.807) is 0 Å². The van der Waals surface area contributed by atoms with E-state index in [1.807, 2.05) is 0 Å². The summed E-state index contributed by atoms with van der Waals surface area (Å²) in [6.07, 6.45) is 2.73. The highest BCUT2D eigenvalue weighted by Gasteiger charge is 1.82. The van der Waals surface area contributed by atoms with Crippen molar-refractivity contribution in [2.45, 2.75) is 0 Å². The van der Waals surface area contributed by atoms with E-state index in [2.05, 4.69) is 29.1 Å². The molecule has 44 valence electrons. The van der Waals surface area contributed by atoms with Crippen LogP contribution < -0.4 is 0 Å². The first-order valence-corrected chi connectivity index (χ1v) is 2.80. The van der Waals surface area contributed by atoms with Gasteiger partial charge in [-0.05, 0) is 6.08 Å². The average Bonchev–Trinajstić information content (AvgIpc) is 1.65. The summed E-state index contributed by atoms with van der Waals surface area (Å²) in [7, 11) is 0. The fourth-order valence-corrected chi connectivity index (χ4v) is 0.457. The lowest BCUT2D eigenvalue weighted by molar-refractivity contribution is 0.671. The summed E-state index contributed by atoms with van der Waals surface area (Å²) in [5.41, 5.74) is 0. The maximum absolute atomic E-state index is 11.8. The van der Waals surface area contributed by atoms with Crippen molar-refractivity contribution in [1.82, 2.24) is 0 Å². The fraction of sp³-hybridized carbons (Fsp3) is 0. The third kappa shape index (κ3) is 3.81. The average molecular weight is 177 g/mol. The van der Waals surface area contributed by atoms with Gasteiger partial charge in [-0.25, -0.2) is 4.39 Å². The Balaban J connectivity index is 3.94. The summed E-state index contributed by atoms with van der Waals surface area (Å²) in [5, 5.41) is 0. The normalized spacial score (nSPS) is 11.0. The number of hydrogen-bond donors (Lipinski definition) is 0. The summed E-state index contributed by atoms with van der Waals surface area (Å²) < 4.78 is 12.4. The zero-order valence-corrected chi connectivity index (χ0v) is 5.91. The van der Waals surface area contributed by atoms with Gasteiger partial charge < -0.3 is 0 Å². The molecule has 0 atom stereocenters. The van der Waals surface area contributed by atoms with Gasteiger partial charge in [0, 0.05) is 4.48 Å². The molecule has 0 rings (SSSR count). The Morgan fingerprint density at radius 2 is 2.12 bits per heavy atom. The van der Waals surface area contributed by atoms with Gasteiger partial charge in [-0.15, -0.1) is 0 Å². The fourth-order valence-electron chi connectivity index (χ4n) is 0.209. The Morgan fingerprint density at radius 3 is 2.25 bits per heavy atom. The summed E-state index contributed by atoms with van der Waals surface area (Å²) in [5.74, 6) is -0.475. The topological polar surface area (TPSA) is 0 Å². The highest BCUT2D eigenvalue weighted by atomic mass is 79.9. The minimum Gasteiger partial charge on any atom is -0.208 e. The predicted octanol–water partition coefficient (Wildman–Crippen LogP) is 2.93. The maximum Gasteiger partial charge on any atom is 0.117 e. The first-order valence-electron chi connectivity index (χ1n) is 2.01. The van der Waals surface area contributed by atoms with Crippen molar-refractivity contribution >= 4 is 15.9 Å². The van der Waals surface area contributed by atoms with Crippen LogP contribution in [0.4, 0.5) is 4.39 Å². The third-order valence-corrected chi connectivity index (χ3v) is 1.04. The van der Waals surface area contributed by atoms with Crippen molar-refractivity contribution in [3.8, 4) is 0 Å². The Labute approximate surface area is 56.5 Å².